The largest absolute Gasteiger partial charge is 0.264 e. The van der Waals surface area contributed by atoms with Crippen LogP contribution in [0.3, 0.4) is 0 Å². The molecule has 0 unspecified atom stereocenters. The summed E-state index contributed by atoms with van der Waals surface area (Å²) in [4.78, 5) is 14.9. The van der Waals surface area contributed by atoms with E-state index in [1.54, 1.807) is 6.20 Å². The summed E-state index contributed by atoms with van der Waals surface area (Å²) in [5, 5.41) is 2.60. The Hall–Kier alpha value is -7.75. The minimum atomic E-state index is -0.0513. The van der Waals surface area contributed by atoms with Crippen molar-refractivity contribution in [2.75, 3.05) is 0 Å². The molecular formula is C58H39N3. The molecule has 2 aromatic heterocycles. The molecule has 0 spiro atoms. The number of rotatable bonds is 6. The molecule has 8 aromatic carbocycles. The van der Waals surface area contributed by atoms with Gasteiger partial charge in [0.15, 0.2) is 5.82 Å². The summed E-state index contributed by atoms with van der Waals surface area (Å²) in [6.07, 6.45) is 3.71. The summed E-state index contributed by atoms with van der Waals surface area (Å²) in [7, 11) is 0. The average Bonchev–Trinajstić information content (AvgIpc) is 3.78. The Labute approximate surface area is 355 Å². The number of pyridine rings is 1. The smallest absolute Gasteiger partial charge is 0.160 e. The molecule has 2 heterocycles. The van der Waals surface area contributed by atoms with E-state index in [4.69, 9.17) is 9.97 Å². The lowest BCUT2D eigenvalue weighted by atomic mass is 9.81. The van der Waals surface area contributed by atoms with Gasteiger partial charge in [0, 0.05) is 40.1 Å². The zero-order valence-corrected chi connectivity index (χ0v) is 33.9. The van der Waals surface area contributed by atoms with E-state index in [1.165, 1.54) is 77.5 Å². The molecule has 2 aliphatic rings. The number of nitrogens with zero attached hydrogens (tertiary/aromatic N) is 3. The van der Waals surface area contributed by atoms with Crippen molar-refractivity contribution in [1.29, 1.82) is 0 Å². The minimum absolute atomic E-state index is 0.0513. The Morgan fingerprint density at radius 1 is 0.344 bits per heavy atom. The Morgan fingerprint density at radius 2 is 0.902 bits per heavy atom. The first-order chi connectivity index (χ1) is 30.0. The molecule has 0 saturated carbocycles. The van der Waals surface area contributed by atoms with Crippen LogP contribution in [0.2, 0.25) is 0 Å². The third-order valence-electron chi connectivity index (χ3n) is 13.0. The van der Waals surface area contributed by atoms with E-state index >= 15 is 0 Å². The summed E-state index contributed by atoms with van der Waals surface area (Å²) >= 11 is 0. The van der Waals surface area contributed by atoms with E-state index in [0.29, 0.717) is 5.82 Å². The van der Waals surface area contributed by atoms with Crippen molar-refractivity contribution >= 4 is 10.8 Å². The molecule has 0 aliphatic heterocycles. The lowest BCUT2D eigenvalue weighted by Gasteiger charge is -2.22. The van der Waals surface area contributed by atoms with Crippen LogP contribution >= 0.6 is 0 Å². The normalized spacial score (nSPS) is 12.9. The Bertz CT molecular complexity index is 3330. The second kappa shape index (κ2) is 13.7. The summed E-state index contributed by atoms with van der Waals surface area (Å²) in [5.74, 6) is 0.686. The second-order valence-electron chi connectivity index (χ2n) is 16.8. The molecule has 0 fully saturated rings. The molecular weight excluding hydrogens is 739 g/mol. The molecule has 61 heavy (non-hydrogen) atoms. The second-order valence-corrected chi connectivity index (χ2v) is 16.8. The van der Waals surface area contributed by atoms with Gasteiger partial charge >= 0.3 is 0 Å². The molecule has 12 rings (SSSR count). The number of hydrogen-bond donors (Lipinski definition) is 0. The molecule has 286 valence electrons. The van der Waals surface area contributed by atoms with E-state index in [-0.39, 0.29) is 5.41 Å². The first-order valence-electron chi connectivity index (χ1n) is 21.0. The van der Waals surface area contributed by atoms with Crippen LogP contribution in [0.1, 0.15) is 25.0 Å². The molecule has 10 aromatic rings. The summed E-state index contributed by atoms with van der Waals surface area (Å²) < 4.78 is 0. The first kappa shape index (κ1) is 35.2. The van der Waals surface area contributed by atoms with Crippen LogP contribution in [0.4, 0.5) is 0 Å². The molecule has 2 aliphatic carbocycles. The fourth-order valence-electron chi connectivity index (χ4n) is 9.84. The summed E-state index contributed by atoms with van der Waals surface area (Å²) in [5.41, 5.74) is 22.3. The number of aromatic nitrogens is 3. The predicted octanol–water partition coefficient (Wildman–Crippen LogP) is 15.0. The molecule has 3 nitrogen and oxygen atoms in total. The van der Waals surface area contributed by atoms with Crippen molar-refractivity contribution in [2.45, 2.75) is 19.3 Å². The Balaban J connectivity index is 0.929. The highest BCUT2D eigenvalue weighted by Gasteiger charge is 2.35. The molecule has 0 atom stereocenters. The summed E-state index contributed by atoms with van der Waals surface area (Å²) in [6.45, 7) is 4.67. The van der Waals surface area contributed by atoms with Gasteiger partial charge < -0.3 is 0 Å². The van der Waals surface area contributed by atoms with Crippen molar-refractivity contribution < 1.29 is 0 Å². The third kappa shape index (κ3) is 5.69. The van der Waals surface area contributed by atoms with Gasteiger partial charge in [0.2, 0.25) is 0 Å². The van der Waals surface area contributed by atoms with Gasteiger partial charge in [-0.05, 0) is 107 Å². The van der Waals surface area contributed by atoms with Gasteiger partial charge in [0.25, 0.3) is 0 Å². The van der Waals surface area contributed by atoms with Crippen molar-refractivity contribution in [2.24, 2.45) is 0 Å². The van der Waals surface area contributed by atoms with Gasteiger partial charge in [-0.1, -0.05) is 178 Å². The SMILES string of the molecule is CC1(C)c2ccccc2-c2ccc(-c3ccc(-c4cc(-c5cccc(-c6cccnc6)c5)nc(-c5ccc(-c6ccc7c8c(cccc68)-c6ccccc6-7)cc5)n4)cc3)cc21. The van der Waals surface area contributed by atoms with E-state index < -0.39 is 0 Å². The Kier molecular flexibility index (Phi) is 7.88. The van der Waals surface area contributed by atoms with Crippen molar-refractivity contribution in [3.8, 4) is 101 Å². The van der Waals surface area contributed by atoms with Crippen LogP contribution in [-0.4, -0.2) is 15.0 Å². The fraction of sp³-hybridized carbons (Fsp3) is 0.0517. The monoisotopic (exact) mass is 777 g/mol. The maximum Gasteiger partial charge on any atom is 0.160 e. The highest BCUT2D eigenvalue weighted by atomic mass is 14.9. The van der Waals surface area contributed by atoms with Crippen molar-refractivity contribution in [3.05, 3.63) is 212 Å². The molecule has 0 N–H and O–H groups in total. The standard InChI is InChI=1S/C58H39N3/c1-58(2)52-18-6-5-15-47(52)48-28-27-41(33-53(48)58)36-19-23-38(24-20-36)54-34-55(42-11-7-10-40(32-42)43-12-9-31-59-35-43)61-57(60-54)39-25-21-37(22-26-39)44-29-30-51-46-14-4-3-13-45(46)50-17-8-16-49(44)56(50)51/h3-35H,1-2H3. The molecule has 0 bridgehead atoms. The van der Waals surface area contributed by atoms with Crippen molar-refractivity contribution in [1.82, 2.24) is 15.0 Å². The van der Waals surface area contributed by atoms with Crippen LogP contribution in [0, 0.1) is 0 Å². The quantitative estimate of drug-likeness (QED) is 0.169. The fourth-order valence-corrected chi connectivity index (χ4v) is 9.84. The van der Waals surface area contributed by atoms with Crippen LogP contribution in [0.25, 0.3) is 111 Å². The van der Waals surface area contributed by atoms with Gasteiger partial charge in [-0.25, -0.2) is 9.97 Å². The highest BCUT2D eigenvalue weighted by molar-refractivity contribution is 6.18. The predicted molar refractivity (Wildman–Crippen MR) is 252 cm³/mol. The average molecular weight is 778 g/mol. The Morgan fingerprint density at radius 3 is 1.69 bits per heavy atom. The number of fused-ring (bicyclic) bond motifs is 6. The topological polar surface area (TPSA) is 38.7 Å². The first-order valence-corrected chi connectivity index (χ1v) is 21.0. The van der Waals surface area contributed by atoms with E-state index in [0.717, 1.165) is 39.2 Å². The number of hydrogen-bond acceptors (Lipinski definition) is 3. The van der Waals surface area contributed by atoms with Crippen LogP contribution < -0.4 is 0 Å². The zero-order chi connectivity index (χ0) is 40.7. The lowest BCUT2D eigenvalue weighted by Crippen LogP contribution is -2.14. The van der Waals surface area contributed by atoms with Gasteiger partial charge in [0.1, 0.15) is 0 Å². The molecule has 0 radical (unpaired) electrons. The molecule has 0 amide bonds. The van der Waals surface area contributed by atoms with E-state index in [9.17, 15) is 0 Å². The van der Waals surface area contributed by atoms with Crippen LogP contribution in [-0.2, 0) is 5.41 Å². The maximum absolute atomic E-state index is 5.26. The van der Waals surface area contributed by atoms with Gasteiger partial charge in [-0.2, -0.15) is 0 Å². The summed E-state index contributed by atoms with van der Waals surface area (Å²) in [6, 6.07) is 68.1. The van der Waals surface area contributed by atoms with Gasteiger partial charge in [0.05, 0.1) is 11.4 Å². The van der Waals surface area contributed by atoms with E-state index in [1.807, 2.05) is 12.3 Å². The minimum Gasteiger partial charge on any atom is -0.264 e. The number of benzene rings is 8. The van der Waals surface area contributed by atoms with Gasteiger partial charge in [-0.15, -0.1) is 0 Å². The lowest BCUT2D eigenvalue weighted by molar-refractivity contribution is 0.660. The maximum atomic E-state index is 5.26. The van der Waals surface area contributed by atoms with E-state index in [2.05, 4.69) is 201 Å². The molecule has 3 heteroatoms. The van der Waals surface area contributed by atoms with Crippen LogP contribution in [0.5, 0.6) is 0 Å². The van der Waals surface area contributed by atoms with Gasteiger partial charge in [-0.3, -0.25) is 4.98 Å². The van der Waals surface area contributed by atoms with Crippen molar-refractivity contribution in [3.63, 3.8) is 0 Å². The van der Waals surface area contributed by atoms with Crippen LogP contribution in [0.15, 0.2) is 200 Å². The molecule has 0 saturated heterocycles. The zero-order valence-electron chi connectivity index (χ0n) is 33.9. The highest BCUT2D eigenvalue weighted by Crippen LogP contribution is 2.51. The third-order valence-corrected chi connectivity index (χ3v) is 13.0.